The highest BCUT2D eigenvalue weighted by molar-refractivity contribution is 6.07. The first kappa shape index (κ1) is 19.1. The zero-order valence-corrected chi connectivity index (χ0v) is 15.2. The molecule has 0 heterocycles. The number of hydrogen-bond donors (Lipinski definition) is 2. The van der Waals surface area contributed by atoms with E-state index in [9.17, 15) is 9.59 Å². The number of methoxy groups -OCH3 is 3. The average molecular weight is 358 g/mol. The van der Waals surface area contributed by atoms with Gasteiger partial charge in [0.15, 0.2) is 11.5 Å². The van der Waals surface area contributed by atoms with Gasteiger partial charge in [0.05, 0.1) is 33.3 Å². The third-order valence-corrected chi connectivity index (χ3v) is 3.80. The Morgan fingerprint density at radius 3 is 2.08 bits per heavy atom. The molecule has 2 aromatic carbocycles. The predicted octanol–water partition coefficient (Wildman–Crippen LogP) is 2.25. The van der Waals surface area contributed by atoms with Gasteiger partial charge in [-0.3, -0.25) is 9.59 Å². The first-order valence-corrected chi connectivity index (χ1v) is 7.93. The van der Waals surface area contributed by atoms with E-state index in [1.54, 1.807) is 43.4 Å². The number of nitrogens with one attached hydrogen (secondary N) is 2. The SMILES string of the molecule is CNC(=O)Cc1ccc(NC(=O)c2ccc(OC)c(OC)c2OC)cc1. The number of rotatable bonds is 7. The standard InChI is InChI=1S/C19H22N2O5/c1-20-16(22)11-12-5-7-13(8-6-12)21-19(23)14-9-10-15(24-2)18(26-4)17(14)25-3/h5-10H,11H2,1-4H3,(H,20,22)(H,21,23). The molecule has 138 valence electrons. The van der Waals surface area contributed by atoms with Crippen molar-refractivity contribution in [1.82, 2.24) is 5.32 Å². The minimum atomic E-state index is -0.346. The van der Waals surface area contributed by atoms with Crippen LogP contribution in [-0.4, -0.2) is 40.2 Å². The Balaban J connectivity index is 2.21. The fraction of sp³-hybridized carbons (Fsp3) is 0.263. The van der Waals surface area contributed by atoms with Crippen molar-refractivity contribution in [3.8, 4) is 17.2 Å². The lowest BCUT2D eigenvalue weighted by molar-refractivity contribution is -0.119. The molecule has 0 aliphatic heterocycles. The Labute approximate surface area is 152 Å². The van der Waals surface area contributed by atoms with Crippen LogP contribution in [-0.2, 0) is 11.2 Å². The second-order valence-corrected chi connectivity index (χ2v) is 5.38. The number of benzene rings is 2. The summed E-state index contributed by atoms with van der Waals surface area (Å²) in [5.41, 5.74) is 1.78. The van der Waals surface area contributed by atoms with Gasteiger partial charge >= 0.3 is 0 Å². The molecule has 26 heavy (non-hydrogen) atoms. The lowest BCUT2D eigenvalue weighted by Crippen LogP contribution is -2.19. The van der Waals surface area contributed by atoms with Crippen molar-refractivity contribution in [2.24, 2.45) is 0 Å². The highest BCUT2D eigenvalue weighted by Crippen LogP contribution is 2.39. The normalized spacial score (nSPS) is 10.0. The van der Waals surface area contributed by atoms with E-state index >= 15 is 0 Å². The lowest BCUT2D eigenvalue weighted by atomic mass is 10.1. The fourth-order valence-corrected chi connectivity index (χ4v) is 2.46. The van der Waals surface area contributed by atoms with Crippen LogP contribution in [0, 0.1) is 0 Å². The smallest absolute Gasteiger partial charge is 0.259 e. The number of ether oxygens (including phenoxy) is 3. The molecule has 0 fully saturated rings. The molecule has 2 N–H and O–H groups in total. The van der Waals surface area contributed by atoms with E-state index in [0.717, 1.165) is 5.56 Å². The molecule has 0 atom stereocenters. The van der Waals surface area contributed by atoms with Gasteiger partial charge in [-0.2, -0.15) is 0 Å². The van der Waals surface area contributed by atoms with E-state index in [1.807, 2.05) is 0 Å². The Bertz CT molecular complexity index is 787. The van der Waals surface area contributed by atoms with Crippen molar-refractivity contribution in [3.05, 3.63) is 47.5 Å². The summed E-state index contributed by atoms with van der Waals surface area (Å²) in [6.07, 6.45) is 0.286. The molecule has 0 radical (unpaired) electrons. The Morgan fingerprint density at radius 1 is 0.885 bits per heavy atom. The minimum Gasteiger partial charge on any atom is -0.493 e. The van der Waals surface area contributed by atoms with Crippen molar-refractivity contribution in [1.29, 1.82) is 0 Å². The number of likely N-dealkylation sites (N-methyl/N-ethyl adjacent to an activating group) is 1. The number of carbonyl (C=O) groups excluding carboxylic acids is 2. The topological polar surface area (TPSA) is 85.9 Å². The van der Waals surface area contributed by atoms with Crippen molar-refractivity contribution in [2.45, 2.75) is 6.42 Å². The second-order valence-electron chi connectivity index (χ2n) is 5.38. The van der Waals surface area contributed by atoms with E-state index in [4.69, 9.17) is 14.2 Å². The maximum Gasteiger partial charge on any atom is 0.259 e. The molecule has 0 bridgehead atoms. The molecule has 2 aromatic rings. The summed E-state index contributed by atoms with van der Waals surface area (Å²) in [6, 6.07) is 10.3. The molecular formula is C19H22N2O5. The highest BCUT2D eigenvalue weighted by atomic mass is 16.5. The second kappa shape index (κ2) is 8.75. The summed E-state index contributed by atoms with van der Waals surface area (Å²) in [5.74, 6) is 0.697. The van der Waals surface area contributed by atoms with E-state index in [0.29, 0.717) is 28.5 Å². The summed E-state index contributed by atoms with van der Waals surface area (Å²) in [6.45, 7) is 0. The maximum absolute atomic E-state index is 12.6. The lowest BCUT2D eigenvalue weighted by Gasteiger charge is -2.15. The van der Waals surface area contributed by atoms with Crippen LogP contribution in [0.3, 0.4) is 0 Å². The van der Waals surface area contributed by atoms with Crippen molar-refractivity contribution in [2.75, 3.05) is 33.7 Å². The first-order chi connectivity index (χ1) is 12.5. The number of anilines is 1. The third kappa shape index (κ3) is 4.24. The van der Waals surface area contributed by atoms with Gasteiger partial charge in [-0.15, -0.1) is 0 Å². The highest BCUT2D eigenvalue weighted by Gasteiger charge is 2.20. The van der Waals surface area contributed by atoms with Crippen LogP contribution in [0.25, 0.3) is 0 Å². The predicted molar refractivity (Wildman–Crippen MR) is 98.3 cm³/mol. The van der Waals surface area contributed by atoms with Gasteiger partial charge in [0, 0.05) is 12.7 Å². The summed E-state index contributed by atoms with van der Waals surface area (Å²) >= 11 is 0. The number of hydrogen-bond acceptors (Lipinski definition) is 5. The monoisotopic (exact) mass is 358 g/mol. The van der Waals surface area contributed by atoms with Gasteiger partial charge in [-0.05, 0) is 29.8 Å². The molecular weight excluding hydrogens is 336 g/mol. The van der Waals surface area contributed by atoms with Crippen LogP contribution >= 0.6 is 0 Å². The fourth-order valence-electron chi connectivity index (χ4n) is 2.46. The zero-order valence-electron chi connectivity index (χ0n) is 15.2. The molecule has 0 saturated carbocycles. The summed E-state index contributed by atoms with van der Waals surface area (Å²) in [5, 5.41) is 5.37. The molecule has 0 unspecified atom stereocenters. The van der Waals surface area contributed by atoms with Crippen LogP contribution in [0.15, 0.2) is 36.4 Å². The Hall–Kier alpha value is -3.22. The third-order valence-electron chi connectivity index (χ3n) is 3.80. The first-order valence-electron chi connectivity index (χ1n) is 7.93. The van der Waals surface area contributed by atoms with E-state index in [1.165, 1.54) is 21.3 Å². The van der Waals surface area contributed by atoms with Gasteiger partial charge in [-0.25, -0.2) is 0 Å². The molecule has 7 nitrogen and oxygen atoms in total. The molecule has 0 aromatic heterocycles. The summed E-state index contributed by atoms with van der Waals surface area (Å²) < 4.78 is 15.8. The van der Waals surface area contributed by atoms with Gasteiger partial charge in [0.2, 0.25) is 11.7 Å². The number of amides is 2. The largest absolute Gasteiger partial charge is 0.493 e. The van der Waals surface area contributed by atoms with Crippen molar-refractivity contribution < 1.29 is 23.8 Å². The van der Waals surface area contributed by atoms with Crippen molar-refractivity contribution >= 4 is 17.5 Å². The van der Waals surface area contributed by atoms with Crippen molar-refractivity contribution in [3.63, 3.8) is 0 Å². The molecule has 0 spiro atoms. The molecule has 7 heteroatoms. The Morgan fingerprint density at radius 2 is 1.54 bits per heavy atom. The van der Waals surface area contributed by atoms with Gasteiger partial charge in [0.1, 0.15) is 0 Å². The molecule has 0 saturated heterocycles. The van der Waals surface area contributed by atoms with E-state index < -0.39 is 0 Å². The van der Waals surface area contributed by atoms with Crippen LogP contribution in [0.5, 0.6) is 17.2 Å². The molecule has 2 rings (SSSR count). The molecule has 0 aliphatic carbocycles. The molecule has 0 aliphatic rings. The Kier molecular flexibility index (Phi) is 6.43. The van der Waals surface area contributed by atoms with Gasteiger partial charge < -0.3 is 24.8 Å². The van der Waals surface area contributed by atoms with Crippen LogP contribution in [0.2, 0.25) is 0 Å². The maximum atomic E-state index is 12.6. The summed E-state index contributed by atoms with van der Waals surface area (Å²) in [7, 11) is 6.04. The van der Waals surface area contributed by atoms with Crippen LogP contribution in [0.1, 0.15) is 15.9 Å². The van der Waals surface area contributed by atoms with Gasteiger partial charge in [-0.1, -0.05) is 12.1 Å². The van der Waals surface area contributed by atoms with Crippen LogP contribution < -0.4 is 24.8 Å². The van der Waals surface area contributed by atoms with Crippen LogP contribution in [0.4, 0.5) is 5.69 Å². The zero-order chi connectivity index (χ0) is 19.1. The molecule has 2 amide bonds. The van der Waals surface area contributed by atoms with E-state index in [-0.39, 0.29) is 18.2 Å². The summed E-state index contributed by atoms with van der Waals surface area (Å²) in [4.78, 5) is 24.0. The number of carbonyl (C=O) groups is 2. The quantitative estimate of drug-likeness (QED) is 0.793. The van der Waals surface area contributed by atoms with Gasteiger partial charge in [0.25, 0.3) is 5.91 Å². The van der Waals surface area contributed by atoms with E-state index in [2.05, 4.69) is 10.6 Å². The average Bonchev–Trinajstić information content (AvgIpc) is 2.67. The minimum absolute atomic E-state index is 0.0724.